The number of amides is 6. The number of likely N-dealkylation sites (N-methyl/N-ethyl adjacent to an activating group) is 2. The number of aryl methyl sites for hydroxylation is 2. The number of benzene rings is 2. The Morgan fingerprint density at radius 3 is 1.32 bits per heavy atom. The van der Waals surface area contributed by atoms with Gasteiger partial charge in [-0.15, -0.1) is 23.5 Å². The van der Waals surface area contributed by atoms with Crippen molar-refractivity contribution in [3.8, 4) is 0 Å². The van der Waals surface area contributed by atoms with Crippen LogP contribution in [0.15, 0.2) is 48.5 Å². The van der Waals surface area contributed by atoms with Crippen molar-refractivity contribution in [3.05, 3.63) is 59.7 Å². The van der Waals surface area contributed by atoms with Crippen molar-refractivity contribution in [1.82, 2.24) is 31.1 Å². The average Bonchev–Trinajstić information content (AvgIpc) is 3.53. The van der Waals surface area contributed by atoms with Gasteiger partial charge in [-0.25, -0.2) is 0 Å². The first-order valence-corrected chi connectivity index (χ1v) is 23.2. The van der Waals surface area contributed by atoms with E-state index in [-0.39, 0.29) is 46.2 Å². The molecule has 6 amide bonds. The summed E-state index contributed by atoms with van der Waals surface area (Å²) >= 11 is 3.34. The lowest BCUT2D eigenvalue weighted by Gasteiger charge is -2.34. The molecule has 2 unspecified atom stereocenters. The van der Waals surface area contributed by atoms with Gasteiger partial charge in [0.2, 0.25) is 35.4 Å². The van der Waals surface area contributed by atoms with E-state index < -0.39 is 47.1 Å². The van der Waals surface area contributed by atoms with E-state index in [1.807, 2.05) is 76.2 Å². The molecule has 14 nitrogen and oxygen atoms in total. The first-order chi connectivity index (χ1) is 28.4. The van der Waals surface area contributed by atoms with Crippen LogP contribution in [0, 0.1) is 10.8 Å². The van der Waals surface area contributed by atoms with Gasteiger partial charge in [0.15, 0.2) is 0 Å². The van der Waals surface area contributed by atoms with Gasteiger partial charge in [0.05, 0.1) is 22.8 Å². The van der Waals surface area contributed by atoms with Gasteiger partial charge in [-0.3, -0.25) is 28.8 Å². The summed E-state index contributed by atoms with van der Waals surface area (Å²) in [6, 6.07) is 11.9. The predicted molar refractivity (Wildman–Crippen MR) is 238 cm³/mol. The van der Waals surface area contributed by atoms with Gasteiger partial charge in [-0.05, 0) is 124 Å². The minimum atomic E-state index is -0.689. The fraction of sp³-hybridized carbons (Fsp3) is 0.591. The molecule has 16 heteroatoms. The minimum absolute atomic E-state index is 0.141. The molecule has 6 N–H and O–H groups in total. The molecule has 326 valence electrons. The molecule has 4 heterocycles. The van der Waals surface area contributed by atoms with Crippen molar-refractivity contribution < 1.29 is 28.8 Å². The number of nitrogens with zero attached hydrogens (tertiary/aromatic N) is 2. The smallest absolute Gasteiger partial charge is 0.247 e. The molecule has 4 aliphatic heterocycles. The number of hydrogen-bond acceptors (Lipinski definition) is 10. The fourth-order valence-electron chi connectivity index (χ4n) is 8.78. The average molecular weight is 863 g/mol. The number of carbonyl (C=O) groups excluding carboxylic acids is 6. The van der Waals surface area contributed by atoms with Gasteiger partial charge in [0.1, 0.15) is 24.2 Å². The van der Waals surface area contributed by atoms with Crippen molar-refractivity contribution in [2.24, 2.45) is 10.8 Å². The molecule has 0 spiro atoms. The van der Waals surface area contributed by atoms with E-state index in [4.69, 9.17) is 0 Å². The van der Waals surface area contributed by atoms with Gasteiger partial charge < -0.3 is 41.7 Å². The van der Waals surface area contributed by atoms with Gasteiger partial charge in [-0.1, -0.05) is 52.0 Å². The van der Waals surface area contributed by atoms with Crippen LogP contribution < -0.4 is 31.9 Å². The molecular weight excluding hydrogens is 801 g/mol. The van der Waals surface area contributed by atoms with Crippen LogP contribution in [0.1, 0.15) is 78.4 Å². The molecule has 0 bridgehead atoms. The molecule has 4 saturated heterocycles. The van der Waals surface area contributed by atoms with E-state index in [1.54, 1.807) is 61.3 Å². The monoisotopic (exact) mass is 862 g/mol. The van der Waals surface area contributed by atoms with E-state index >= 15 is 0 Å². The Morgan fingerprint density at radius 2 is 0.983 bits per heavy atom. The van der Waals surface area contributed by atoms with Crippen molar-refractivity contribution in [3.63, 3.8) is 0 Å². The molecule has 2 aromatic rings. The predicted octanol–water partition coefficient (Wildman–Crippen LogP) is 3.71. The summed E-state index contributed by atoms with van der Waals surface area (Å²) in [6.07, 6.45) is 3.90. The highest BCUT2D eigenvalue weighted by Crippen LogP contribution is 2.48. The van der Waals surface area contributed by atoms with Gasteiger partial charge >= 0.3 is 0 Å². The Labute approximate surface area is 362 Å². The van der Waals surface area contributed by atoms with Gasteiger partial charge in [0.25, 0.3) is 0 Å². The maximum Gasteiger partial charge on any atom is 0.247 e. The second-order valence-electron chi connectivity index (χ2n) is 17.9. The number of anilines is 2. The van der Waals surface area contributed by atoms with Crippen LogP contribution in [-0.2, 0) is 41.6 Å². The summed E-state index contributed by atoms with van der Waals surface area (Å²) in [5, 5.41) is 17.5. The van der Waals surface area contributed by atoms with Crippen LogP contribution in [0.4, 0.5) is 11.4 Å². The number of carbonyl (C=O) groups is 6. The molecule has 0 saturated carbocycles. The van der Waals surface area contributed by atoms with Crippen molar-refractivity contribution in [2.45, 2.75) is 127 Å². The maximum atomic E-state index is 13.9. The highest BCUT2D eigenvalue weighted by molar-refractivity contribution is 8.00. The number of nitrogens with one attached hydrogen (secondary N) is 6. The van der Waals surface area contributed by atoms with Crippen molar-refractivity contribution >= 4 is 70.3 Å². The summed E-state index contributed by atoms with van der Waals surface area (Å²) in [6.45, 7) is 11.6. The Balaban J connectivity index is 1.04. The molecule has 6 rings (SSSR count). The third kappa shape index (κ3) is 9.98. The first kappa shape index (κ1) is 45.4. The third-order valence-corrected chi connectivity index (χ3v) is 15.0. The van der Waals surface area contributed by atoms with Crippen LogP contribution >= 0.6 is 23.5 Å². The lowest BCUT2D eigenvalue weighted by Crippen LogP contribution is -2.57. The van der Waals surface area contributed by atoms with E-state index in [1.165, 1.54) is 0 Å². The van der Waals surface area contributed by atoms with Gasteiger partial charge in [0, 0.05) is 11.4 Å². The van der Waals surface area contributed by atoms with Crippen molar-refractivity contribution in [1.29, 1.82) is 0 Å². The summed E-state index contributed by atoms with van der Waals surface area (Å²) < 4.78 is 0. The summed E-state index contributed by atoms with van der Waals surface area (Å²) in [5.41, 5.74) is 2.55. The molecular formula is C44H62N8O6S2. The lowest BCUT2D eigenvalue weighted by molar-refractivity contribution is -0.142. The fourth-order valence-corrected chi connectivity index (χ4v) is 11.9. The lowest BCUT2D eigenvalue weighted by atomic mass is 9.84. The molecule has 8 atom stereocenters. The van der Waals surface area contributed by atoms with E-state index in [0.29, 0.717) is 48.6 Å². The molecule has 0 aromatic heterocycles. The minimum Gasteiger partial charge on any atom is -0.343 e. The van der Waals surface area contributed by atoms with Crippen LogP contribution in [0.2, 0.25) is 0 Å². The second kappa shape index (κ2) is 18.9. The van der Waals surface area contributed by atoms with E-state index in [9.17, 15) is 28.8 Å². The molecule has 60 heavy (non-hydrogen) atoms. The Kier molecular flexibility index (Phi) is 14.3. The van der Waals surface area contributed by atoms with Crippen LogP contribution in [0.25, 0.3) is 0 Å². The van der Waals surface area contributed by atoms with Gasteiger partial charge in [-0.2, -0.15) is 0 Å². The summed E-state index contributed by atoms with van der Waals surface area (Å²) in [4.78, 5) is 84.4. The van der Waals surface area contributed by atoms with Crippen LogP contribution in [0.5, 0.6) is 0 Å². The normalized spacial score (nSPS) is 26.8. The zero-order valence-electron chi connectivity index (χ0n) is 36.1. The standard InChI is InChI=1S/C44H62N8O6S2/c1-25(45-7)37(53)49-31-19-21-59-33-23-43(3,4)35(51(33)41(31)57)39(55)47-29-15-11-27(12-16-29)9-10-28-13-17-30(18-14-28)48-40(56)36-44(5,6)24-34-52(36)42(58)32(20-22-60-34)50-38(54)26(2)46-8/h11-18,25-26,31-36,45-46H,9-10,19-24H2,1-8H3,(H,47,55)(H,48,56)(H,49,53)(H,50,54)/t25-,26-,31-,32-,33?,34?,35+,36+/m0/s1. The number of rotatable bonds is 13. The summed E-state index contributed by atoms with van der Waals surface area (Å²) in [7, 11) is 3.40. The number of fused-ring (bicyclic) bond motifs is 2. The molecule has 0 radical (unpaired) electrons. The zero-order valence-corrected chi connectivity index (χ0v) is 37.7. The SMILES string of the molecule is CN[C@@H](C)C(=O)N[C@H]1CCSC2CC(C)(C)[C@@H](C(=O)Nc3ccc(CCc4ccc(NC(=O)[C@H]5N6C(=O)[C@@H](NC(=O)[C@H](C)NC)CCSC6CC5(C)C)cc4)cc3)N2C1=O. The Bertz CT molecular complexity index is 1790. The van der Waals surface area contributed by atoms with Crippen LogP contribution in [0.3, 0.4) is 0 Å². The summed E-state index contributed by atoms with van der Waals surface area (Å²) in [5.74, 6) is 0.0184. The topological polar surface area (TPSA) is 181 Å². The van der Waals surface area contributed by atoms with Crippen LogP contribution in [-0.4, -0.2) is 118 Å². The molecule has 0 aliphatic carbocycles. The second-order valence-corrected chi connectivity index (χ2v) is 20.5. The highest BCUT2D eigenvalue weighted by atomic mass is 32.2. The zero-order chi connectivity index (χ0) is 43.5. The highest BCUT2D eigenvalue weighted by Gasteiger charge is 2.56. The largest absolute Gasteiger partial charge is 0.343 e. The quantitative estimate of drug-likeness (QED) is 0.174. The number of thioether (sulfide) groups is 2. The Hall–Kier alpha value is -4.12. The first-order valence-electron chi connectivity index (χ1n) is 21.1. The maximum absolute atomic E-state index is 13.9. The Morgan fingerprint density at radius 1 is 0.633 bits per heavy atom. The third-order valence-electron chi connectivity index (χ3n) is 12.5. The molecule has 2 aromatic carbocycles. The van der Waals surface area contributed by atoms with Crippen molar-refractivity contribution in [2.75, 3.05) is 36.2 Å². The molecule has 4 aliphatic rings. The number of hydrogen-bond donors (Lipinski definition) is 6. The van der Waals surface area contributed by atoms with E-state index in [2.05, 4.69) is 31.9 Å². The van der Waals surface area contributed by atoms with E-state index in [0.717, 1.165) is 24.0 Å². The molecule has 4 fully saturated rings.